The standard InChI is InChI=1S/C18H22N6O2S/c1-11-7-6-8-14(12(11)2)19-15(25)10-27-18-21-20-16(24(18)4)13-9-23(3)22-17(13)26-5/h6-9H,10H2,1-5H3,(H,19,25). The number of aromatic nitrogens is 5. The molecule has 142 valence electrons. The number of ether oxygens (including phenoxy) is 1. The molecule has 1 aromatic carbocycles. The fraction of sp³-hybridized carbons (Fsp3) is 0.333. The lowest BCUT2D eigenvalue weighted by Crippen LogP contribution is -2.15. The Bertz CT molecular complexity index is 978. The van der Waals surface area contributed by atoms with Gasteiger partial charge in [0, 0.05) is 26.0 Å². The molecular formula is C18H22N6O2S. The van der Waals surface area contributed by atoms with E-state index in [-0.39, 0.29) is 11.7 Å². The van der Waals surface area contributed by atoms with E-state index < -0.39 is 0 Å². The first-order chi connectivity index (χ1) is 12.9. The van der Waals surface area contributed by atoms with E-state index in [0.29, 0.717) is 16.9 Å². The van der Waals surface area contributed by atoms with E-state index in [1.54, 1.807) is 11.8 Å². The number of aryl methyl sites for hydroxylation is 2. The van der Waals surface area contributed by atoms with Crippen LogP contribution in [0.25, 0.3) is 11.4 Å². The van der Waals surface area contributed by atoms with Gasteiger partial charge in [0.1, 0.15) is 5.56 Å². The molecule has 0 bridgehead atoms. The predicted molar refractivity (Wildman–Crippen MR) is 105 cm³/mol. The molecule has 2 aromatic heterocycles. The van der Waals surface area contributed by atoms with Crippen LogP contribution in [0, 0.1) is 13.8 Å². The van der Waals surface area contributed by atoms with Crippen LogP contribution >= 0.6 is 11.8 Å². The van der Waals surface area contributed by atoms with Crippen molar-refractivity contribution in [1.29, 1.82) is 0 Å². The summed E-state index contributed by atoms with van der Waals surface area (Å²) in [5.74, 6) is 1.27. The maximum atomic E-state index is 12.3. The molecule has 2 heterocycles. The lowest BCUT2D eigenvalue weighted by atomic mass is 10.1. The maximum Gasteiger partial charge on any atom is 0.243 e. The van der Waals surface area contributed by atoms with Gasteiger partial charge in [0.25, 0.3) is 0 Å². The number of thioether (sulfide) groups is 1. The van der Waals surface area contributed by atoms with E-state index in [2.05, 4.69) is 20.6 Å². The van der Waals surface area contributed by atoms with Gasteiger partial charge in [-0.15, -0.1) is 15.3 Å². The third-order valence-corrected chi connectivity index (χ3v) is 5.30. The number of nitrogens with one attached hydrogen (secondary N) is 1. The topological polar surface area (TPSA) is 86.9 Å². The van der Waals surface area contributed by atoms with Gasteiger partial charge in [-0.05, 0) is 31.0 Å². The minimum absolute atomic E-state index is 0.0859. The maximum absolute atomic E-state index is 12.3. The van der Waals surface area contributed by atoms with Gasteiger partial charge in [0.15, 0.2) is 11.0 Å². The summed E-state index contributed by atoms with van der Waals surface area (Å²) >= 11 is 1.33. The van der Waals surface area contributed by atoms with E-state index in [4.69, 9.17) is 4.74 Å². The van der Waals surface area contributed by atoms with Gasteiger partial charge >= 0.3 is 0 Å². The highest BCUT2D eigenvalue weighted by Gasteiger charge is 2.19. The van der Waals surface area contributed by atoms with Crippen LogP contribution < -0.4 is 10.1 Å². The molecule has 0 aliphatic rings. The van der Waals surface area contributed by atoms with Crippen LogP contribution in [-0.4, -0.2) is 43.3 Å². The van der Waals surface area contributed by atoms with E-state index in [1.165, 1.54) is 11.8 Å². The fourth-order valence-electron chi connectivity index (χ4n) is 2.65. The van der Waals surface area contributed by atoms with E-state index >= 15 is 0 Å². The van der Waals surface area contributed by atoms with Crippen LogP contribution in [0.1, 0.15) is 11.1 Å². The molecule has 9 heteroatoms. The third-order valence-electron chi connectivity index (χ3n) is 4.28. The minimum Gasteiger partial charge on any atom is -0.479 e. The molecule has 27 heavy (non-hydrogen) atoms. The lowest BCUT2D eigenvalue weighted by Gasteiger charge is -2.10. The van der Waals surface area contributed by atoms with Crippen molar-refractivity contribution in [3.63, 3.8) is 0 Å². The summed E-state index contributed by atoms with van der Waals surface area (Å²) in [5.41, 5.74) is 3.80. The van der Waals surface area contributed by atoms with E-state index in [0.717, 1.165) is 22.4 Å². The average Bonchev–Trinajstić information content (AvgIpc) is 3.19. The van der Waals surface area contributed by atoms with Gasteiger partial charge in [-0.2, -0.15) is 0 Å². The molecule has 0 radical (unpaired) electrons. The van der Waals surface area contributed by atoms with Crippen LogP contribution in [0.3, 0.4) is 0 Å². The second-order valence-corrected chi connectivity index (χ2v) is 7.12. The molecule has 8 nitrogen and oxygen atoms in total. The van der Waals surface area contributed by atoms with Crippen molar-refractivity contribution in [3.8, 4) is 17.3 Å². The number of anilines is 1. The van der Waals surface area contributed by atoms with Gasteiger partial charge in [0.05, 0.1) is 12.9 Å². The minimum atomic E-state index is -0.0859. The summed E-state index contributed by atoms with van der Waals surface area (Å²) in [6.07, 6.45) is 1.82. The molecule has 0 fully saturated rings. The molecule has 3 aromatic rings. The Kier molecular flexibility index (Phi) is 5.50. The highest BCUT2D eigenvalue weighted by atomic mass is 32.2. The summed E-state index contributed by atoms with van der Waals surface area (Å²) in [7, 11) is 5.23. The molecule has 0 aliphatic heterocycles. The number of benzene rings is 1. The Labute approximate surface area is 161 Å². The molecule has 0 aliphatic carbocycles. The number of amides is 1. The van der Waals surface area contributed by atoms with Gasteiger partial charge in [-0.1, -0.05) is 23.9 Å². The first-order valence-electron chi connectivity index (χ1n) is 8.37. The number of carbonyl (C=O) groups excluding carboxylic acids is 1. The van der Waals surface area contributed by atoms with Crippen molar-refractivity contribution in [2.75, 3.05) is 18.2 Å². The van der Waals surface area contributed by atoms with Crippen LogP contribution in [-0.2, 0) is 18.9 Å². The highest BCUT2D eigenvalue weighted by molar-refractivity contribution is 7.99. The molecule has 1 N–H and O–H groups in total. The zero-order valence-electron chi connectivity index (χ0n) is 16.0. The smallest absolute Gasteiger partial charge is 0.243 e. The van der Waals surface area contributed by atoms with Crippen LogP contribution in [0.15, 0.2) is 29.6 Å². The molecular weight excluding hydrogens is 364 g/mol. The zero-order chi connectivity index (χ0) is 19.6. The predicted octanol–water partition coefficient (Wildman–Crippen LogP) is 2.57. The lowest BCUT2D eigenvalue weighted by molar-refractivity contribution is -0.113. The monoisotopic (exact) mass is 386 g/mol. The van der Waals surface area contributed by atoms with Crippen LogP contribution in [0.5, 0.6) is 5.88 Å². The summed E-state index contributed by atoms with van der Waals surface area (Å²) in [6.45, 7) is 4.02. The largest absolute Gasteiger partial charge is 0.479 e. The molecule has 1 amide bonds. The average molecular weight is 386 g/mol. The molecule has 0 saturated carbocycles. The Morgan fingerprint density at radius 1 is 1.26 bits per heavy atom. The highest BCUT2D eigenvalue weighted by Crippen LogP contribution is 2.29. The molecule has 0 unspecified atom stereocenters. The summed E-state index contributed by atoms with van der Waals surface area (Å²) in [6, 6.07) is 5.86. The van der Waals surface area contributed by atoms with E-state index in [1.807, 2.05) is 56.9 Å². The Morgan fingerprint density at radius 2 is 2.04 bits per heavy atom. The summed E-state index contributed by atoms with van der Waals surface area (Å²) in [5, 5.41) is 16.2. The first-order valence-corrected chi connectivity index (χ1v) is 9.35. The number of nitrogens with zero attached hydrogens (tertiary/aromatic N) is 5. The fourth-order valence-corrected chi connectivity index (χ4v) is 3.36. The normalized spacial score (nSPS) is 10.9. The molecule has 3 rings (SSSR count). The van der Waals surface area contributed by atoms with Crippen molar-refractivity contribution >= 4 is 23.4 Å². The summed E-state index contributed by atoms with van der Waals surface area (Å²) < 4.78 is 8.78. The van der Waals surface area contributed by atoms with Crippen LogP contribution in [0.4, 0.5) is 5.69 Å². The second kappa shape index (κ2) is 7.83. The van der Waals surface area contributed by atoms with Gasteiger partial charge in [-0.3, -0.25) is 9.48 Å². The molecule has 0 atom stereocenters. The third kappa shape index (κ3) is 3.97. The van der Waals surface area contributed by atoms with Gasteiger partial charge in [-0.25, -0.2) is 0 Å². The number of carbonyl (C=O) groups is 1. The molecule has 0 saturated heterocycles. The van der Waals surface area contributed by atoms with E-state index in [9.17, 15) is 4.79 Å². The summed E-state index contributed by atoms with van der Waals surface area (Å²) in [4.78, 5) is 12.3. The SMILES string of the molecule is COc1nn(C)cc1-c1nnc(SCC(=O)Nc2cccc(C)c2C)n1C. The quantitative estimate of drug-likeness (QED) is 0.655. The van der Waals surface area contributed by atoms with Gasteiger partial charge in [0.2, 0.25) is 11.8 Å². The van der Waals surface area contributed by atoms with Crippen LogP contribution in [0.2, 0.25) is 0 Å². The van der Waals surface area contributed by atoms with Crippen molar-refractivity contribution < 1.29 is 9.53 Å². The Morgan fingerprint density at radius 3 is 2.78 bits per heavy atom. The Hall–Kier alpha value is -2.81. The second-order valence-electron chi connectivity index (χ2n) is 6.18. The van der Waals surface area contributed by atoms with Crippen molar-refractivity contribution in [2.24, 2.45) is 14.1 Å². The number of rotatable bonds is 6. The first kappa shape index (κ1) is 19.0. The molecule has 0 spiro atoms. The van der Waals surface area contributed by atoms with Gasteiger partial charge < -0.3 is 14.6 Å². The van der Waals surface area contributed by atoms with Crippen molar-refractivity contribution in [3.05, 3.63) is 35.5 Å². The zero-order valence-corrected chi connectivity index (χ0v) is 16.8. The van der Waals surface area contributed by atoms with Crippen molar-refractivity contribution in [1.82, 2.24) is 24.5 Å². The number of hydrogen-bond donors (Lipinski definition) is 1. The Balaban J connectivity index is 1.69. The van der Waals surface area contributed by atoms with Crippen molar-refractivity contribution in [2.45, 2.75) is 19.0 Å². The number of methoxy groups -OCH3 is 1. The number of hydrogen-bond acceptors (Lipinski definition) is 6.